The molecule has 0 aliphatic carbocycles. The van der Waals surface area contributed by atoms with Crippen molar-refractivity contribution in [2.45, 2.75) is 5.22 Å². The number of halogens is 1. The standard InChI is InChI=1S/C23H15ClN4O2S/c24-17-11-9-14(10-12-17)20(29)13-31-23-28-27-22(30-23)16-7-5-15(6-8-16)21-25-18-3-1-2-4-19(18)26-21/h1-12H,13H2,(H,25,26). The Bertz CT molecular complexity index is 1330. The number of rotatable bonds is 6. The summed E-state index contributed by atoms with van der Waals surface area (Å²) < 4.78 is 5.71. The molecule has 5 aromatic rings. The van der Waals surface area contributed by atoms with Crippen molar-refractivity contribution < 1.29 is 9.21 Å². The Hall–Kier alpha value is -3.42. The molecule has 2 aromatic heterocycles. The number of aromatic nitrogens is 4. The minimum Gasteiger partial charge on any atom is -0.411 e. The maximum absolute atomic E-state index is 12.3. The van der Waals surface area contributed by atoms with Crippen molar-refractivity contribution in [2.24, 2.45) is 0 Å². The third-order valence-corrected chi connectivity index (χ3v) is 5.76. The van der Waals surface area contributed by atoms with Gasteiger partial charge in [0.2, 0.25) is 5.89 Å². The molecule has 0 spiro atoms. The number of carbonyl (C=O) groups excluding carboxylic acids is 1. The molecule has 6 nitrogen and oxygen atoms in total. The number of Topliss-reactive ketones (excluding diaryl/α,β-unsaturated/α-hetero) is 1. The van der Waals surface area contributed by atoms with Crippen LogP contribution in [0.4, 0.5) is 0 Å². The normalized spacial score (nSPS) is 11.1. The van der Waals surface area contributed by atoms with E-state index in [0.29, 0.717) is 21.7 Å². The first-order valence-corrected chi connectivity index (χ1v) is 10.8. The van der Waals surface area contributed by atoms with Gasteiger partial charge in [-0.15, -0.1) is 10.2 Å². The van der Waals surface area contributed by atoms with E-state index in [4.69, 9.17) is 16.0 Å². The lowest BCUT2D eigenvalue weighted by molar-refractivity contribution is 0.102. The number of hydrogen-bond acceptors (Lipinski definition) is 6. The van der Waals surface area contributed by atoms with Crippen molar-refractivity contribution in [2.75, 3.05) is 5.75 Å². The number of imidazole rings is 1. The van der Waals surface area contributed by atoms with Gasteiger partial charge in [0.15, 0.2) is 5.78 Å². The maximum Gasteiger partial charge on any atom is 0.277 e. The van der Waals surface area contributed by atoms with Gasteiger partial charge in [-0.3, -0.25) is 4.79 Å². The predicted octanol–water partition coefficient (Wildman–Crippen LogP) is 5.91. The second kappa shape index (κ2) is 8.37. The summed E-state index contributed by atoms with van der Waals surface area (Å²) >= 11 is 7.07. The molecule has 31 heavy (non-hydrogen) atoms. The predicted molar refractivity (Wildman–Crippen MR) is 121 cm³/mol. The number of ketones is 1. The Kier molecular flexibility index (Phi) is 5.28. The van der Waals surface area contributed by atoms with Crippen LogP contribution in [0, 0.1) is 0 Å². The Morgan fingerprint density at radius 1 is 0.935 bits per heavy atom. The quantitative estimate of drug-likeness (QED) is 0.258. The van der Waals surface area contributed by atoms with Gasteiger partial charge < -0.3 is 9.40 Å². The number of thioether (sulfide) groups is 1. The van der Waals surface area contributed by atoms with Crippen LogP contribution < -0.4 is 0 Å². The van der Waals surface area contributed by atoms with Crippen LogP contribution in [0.15, 0.2) is 82.4 Å². The lowest BCUT2D eigenvalue weighted by Crippen LogP contribution is -2.01. The fraction of sp³-hybridized carbons (Fsp3) is 0.0435. The van der Waals surface area contributed by atoms with Crippen LogP contribution in [0.1, 0.15) is 10.4 Å². The highest BCUT2D eigenvalue weighted by atomic mass is 35.5. The SMILES string of the molecule is O=C(CSc1nnc(-c2ccc(-c3nc4ccccc4[nH]3)cc2)o1)c1ccc(Cl)cc1. The van der Waals surface area contributed by atoms with Gasteiger partial charge in [-0.1, -0.05) is 47.6 Å². The summed E-state index contributed by atoms with van der Waals surface area (Å²) in [6.07, 6.45) is 0. The summed E-state index contributed by atoms with van der Waals surface area (Å²) in [6.45, 7) is 0. The molecule has 0 amide bonds. The number of H-pyrrole nitrogens is 1. The molecular weight excluding hydrogens is 432 g/mol. The molecule has 5 rings (SSSR count). The zero-order chi connectivity index (χ0) is 21.2. The average molecular weight is 447 g/mol. The Morgan fingerprint density at radius 3 is 2.45 bits per heavy atom. The molecule has 0 radical (unpaired) electrons. The van der Waals surface area contributed by atoms with Crippen molar-refractivity contribution in [1.82, 2.24) is 20.2 Å². The van der Waals surface area contributed by atoms with Crippen molar-refractivity contribution >= 4 is 40.2 Å². The lowest BCUT2D eigenvalue weighted by Gasteiger charge is -1.99. The third kappa shape index (κ3) is 4.23. The number of benzene rings is 3. The molecule has 0 saturated heterocycles. The lowest BCUT2D eigenvalue weighted by atomic mass is 10.1. The van der Waals surface area contributed by atoms with Crippen LogP contribution in [-0.2, 0) is 0 Å². The van der Waals surface area contributed by atoms with Gasteiger partial charge in [-0.05, 0) is 48.5 Å². The fourth-order valence-electron chi connectivity index (χ4n) is 3.09. The van der Waals surface area contributed by atoms with Crippen LogP contribution in [0.3, 0.4) is 0 Å². The molecule has 3 aromatic carbocycles. The number of aromatic amines is 1. The summed E-state index contributed by atoms with van der Waals surface area (Å²) in [7, 11) is 0. The fourth-order valence-corrected chi connectivity index (χ4v) is 3.87. The zero-order valence-electron chi connectivity index (χ0n) is 16.1. The van der Waals surface area contributed by atoms with E-state index in [1.54, 1.807) is 24.3 Å². The molecule has 1 N–H and O–H groups in total. The summed E-state index contributed by atoms with van der Waals surface area (Å²) in [4.78, 5) is 20.2. The van der Waals surface area contributed by atoms with E-state index in [2.05, 4.69) is 20.2 Å². The first-order chi connectivity index (χ1) is 15.2. The van der Waals surface area contributed by atoms with Gasteiger partial charge in [0.25, 0.3) is 5.22 Å². The third-order valence-electron chi connectivity index (χ3n) is 4.69. The van der Waals surface area contributed by atoms with E-state index in [9.17, 15) is 4.79 Å². The van der Waals surface area contributed by atoms with Crippen molar-refractivity contribution in [3.63, 3.8) is 0 Å². The van der Waals surface area contributed by atoms with E-state index < -0.39 is 0 Å². The summed E-state index contributed by atoms with van der Waals surface area (Å²) in [5, 5.41) is 9.07. The summed E-state index contributed by atoms with van der Waals surface area (Å²) in [5.74, 6) is 1.37. The smallest absolute Gasteiger partial charge is 0.277 e. The molecule has 0 aliphatic heterocycles. The second-order valence-corrected chi connectivity index (χ2v) is 8.13. The molecule has 2 heterocycles. The molecular formula is C23H15ClN4O2S. The number of para-hydroxylation sites is 2. The molecule has 152 valence electrons. The Morgan fingerprint density at radius 2 is 1.68 bits per heavy atom. The van der Waals surface area contributed by atoms with E-state index in [1.165, 1.54) is 11.8 Å². The molecule has 0 unspecified atom stereocenters. The Labute approximate surface area is 186 Å². The van der Waals surface area contributed by atoms with Crippen molar-refractivity contribution in [1.29, 1.82) is 0 Å². The molecule has 0 fully saturated rings. The number of carbonyl (C=O) groups is 1. The van der Waals surface area contributed by atoms with E-state index in [1.807, 2.05) is 48.5 Å². The summed E-state index contributed by atoms with van der Waals surface area (Å²) in [6, 6.07) is 22.4. The van der Waals surface area contributed by atoms with Gasteiger partial charge in [0.05, 0.1) is 16.8 Å². The minimum absolute atomic E-state index is 0.0309. The van der Waals surface area contributed by atoms with Gasteiger partial charge in [0.1, 0.15) is 5.82 Å². The minimum atomic E-state index is -0.0309. The first-order valence-electron chi connectivity index (χ1n) is 9.46. The second-order valence-electron chi connectivity index (χ2n) is 6.77. The highest BCUT2D eigenvalue weighted by molar-refractivity contribution is 7.99. The van der Waals surface area contributed by atoms with Crippen LogP contribution in [0.2, 0.25) is 5.02 Å². The highest BCUT2D eigenvalue weighted by Gasteiger charge is 2.13. The first kappa shape index (κ1) is 19.5. The maximum atomic E-state index is 12.3. The molecule has 8 heteroatoms. The van der Waals surface area contributed by atoms with E-state index >= 15 is 0 Å². The molecule has 0 bridgehead atoms. The molecule has 0 saturated carbocycles. The zero-order valence-corrected chi connectivity index (χ0v) is 17.7. The largest absolute Gasteiger partial charge is 0.411 e. The Balaban J connectivity index is 1.27. The van der Waals surface area contributed by atoms with Crippen LogP contribution >= 0.6 is 23.4 Å². The summed E-state index contributed by atoms with van der Waals surface area (Å²) in [5.41, 5.74) is 4.27. The number of hydrogen-bond donors (Lipinski definition) is 1. The number of nitrogens with one attached hydrogen (secondary N) is 1. The van der Waals surface area contributed by atoms with Gasteiger partial charge >= 0.3 is 0 Å². The average Bonchev–Trinajstić information content (AvgIpc) is 3.45. The molecule has 0 atom stereocenters. The number of fused-ring (bicyclic) bond motifs is 1. The van der Waals surface area contributed by atoms with E-state index in [-0.39, 0.29) is 11.5 Å². The van der Waals surface area contributed by atoms with Crippen molar-refractivity contribution in [3.05, 3.63) is 83.4 Å². The van der Waals surface area contributed by atoms with Gasteiger partial charge in [0, 0.05) is 21.7 Å². The van der Waals surface area contributed by atoms with E-state index in [0.717, 1.165) is 28.0 Å². The van der Waals surface area contributed by atoms with Crippen molar-refractivity contribution in [3.8, 4) is 22.8 Å². The highest BCUT2D eigenvalue weighted by Crippen LogP contribution is 2.27. The van der Waals surface area contributed by atoms with Crippen LogP contribution in [-0.4, -0.2) is 31.7 Å². The monoisotopic (exact) mass is 446 g/mol. The van der Waals surface area contributed by atoms with Gasteiger partial charge in [-0.25, -0.2) is 4.98 Å². The van der Waals surface area contributed by atoms with Crippen LogP contribution in [0.25, 0.3) is 33.9 Å². The topological polar surface area (TPSA) is 84.7 Å². The number of nitrogens with zero attached hydrogens (tertiary/aromatic N) is 3. The van der Waals surface area contributed by atoms with Crippen LogP contribution in [0.5, 0.6) is 0 Å². The molecule has 0 aliphatic rings. The van der Waals surface area contributed by atoms with Gasteiger partial charge in [-0.2, -0.15) is 0 Å².